The molecule has 1 aromatic carbocycles. The van der Waals surface area contributed by atoms with Gasteiger partial charge in [0.1, 0.15) is 5.82 Å². The fraction of sp³-hybridized carbons (Fsp3) is 0.231. The van der Waals surface area contributed by atoms with Gasteiger partial charge in [0.2, 0.25) is 0 Å². The number of carbonyl (C=O) groups excluding carboxylic acids is 1. The lowest BCUT2D eigenvalue weighted by molar-refractivity contribution is 0.0920. The average molecular weight is 245 g/mol. The van der Waals surface area contributed by atoms with Gasteiger partial charge in [-0.3, -0.25) is 4.79 Å². The van der Waals surface area contributed by atoms with Crippen LogP contribution in [0.1, 0.15) is 29.0 Å². The maximum atomic E-state index is 13.7. The van der Waals surface area contributed by atoms with Crippen molar-refractivity contribution in [3.63, 3.8) is 0 Å². The van der Waals surface area contributed by atoms with Crippen LogP contribution >= 0.6 is 0 Å². The zero-order valence-electron chi connectivity index (χ0n) is 9.61. The van der Waals surface area contributed by atoms with Crippen LogP contribution in [0.5, 0.6) is 0 Å². The standard InChI is InChI=1S/C13H12FN3O/c14-10-4-2-1-3-9(10)13(5-6-13)17-12(18)11-15-7-8-16-11/h1-4,7-8H,5-6H2,(H,15,16)(H,17,18). The van der Waals surface area contributed by atoms with Gasteiger partial charge in [-0.05, 0) is 18.9 Å². The molecule has 1 fully saturated rings. The first-order valence-electron chi connectivity index (χ1n) is 5.78. The van der Waals surface area contributed by atoms with E-state index in [0.29, 0.717) is 5.56 Å². The number of imidazole rings is 1. The van der Waals surface area contributed by atoms with Crippen molar-refractivity contribution in [3.05, 3.63) is 53.9 Å². The predicted molar refractivity (Wildman–Crippen MR) is 63.4 cm³/mol. The van der Waals surface area contributed by atoms with Crippen LogP contribution in [-0.2, 0) is 5.54 Å². The fourth-order valence-corrected chi connectivity index (χ4v) is 2.10. The van der Waals surface area contributed by atoms with E-state index in [4.69, 9.17) is 0 Å². The Kier molecular flexibility index (Phi) is 2.40. The first-order valence-corrected chi connectivity index (χ1v) is 5.78. The molecule has 1 saturated carbocycles. The summed E-state index contributed by atoms with van der Waals surface area (Å²) in [5.74, 6) is -0.340. The molecule has 5 heteroatoms. The Bertz CT molecular complexity index is 576. The highest BCUT2D eigenvalue weighted by molar-refractivity contribution is 5.91. The number of H-pyrrole nitrogens is 1. The van der Waals surface area contributed by atoms with Crippen molar-refractivity contribution in [2.75, 3.05) is 0 Å². The quantitative estimate of drug-likeness (QED) is 0.868. The number of aromatic nitrogens is 2. The number of halogens is 1. The van der Waals surface area contributed by atoms with E-state index >= 15 is 0 Å². The van der Waals surface area contributed by atoms with Gasteiger partial charge in [-0.15, -0.1) is 0 Å². The Hall–Kier alpha value is -2.17. The Morgan fingerprint density at radius 1 is 1.39 bits per heavy atom. The lowest BCUT2D eigenvalue weighted by Gasteiger charge is -2.17. The molecule has 1 aromatic heterocycles. The van der Waals surface area contributed by atoms with Crippen molar-refractivity contribution in [2.45, 2.75) is 18.4 Å². The van der Waals surface area contributed by atoms with E-state index in [1.165, 1.54) is 12.3 Å². The summed E-state index contributed by atoms with van der Waals surface area (Å²) in [6, 6.07) is 6.54. The van der Waals surface area contributed by atoms with E-state index < -0.39 is 5.54 Å². The summed E-state index contributed by atoms with van der Waals surface area (Å²) < 4.78 is 13.7. The van der Waals surface area contributed by atoms with E-state index in [2.05, 4.69) is 15.3 Å². The Balaban J connectivity index is 1.85. The molecule has 0 unspecified atom stereocenters. The molecule has 4 nitrogen and oxygen atoms in total. The third-order valence-corrected chi connectivity index (χ3v) is 3.21. The zero-order valence-corrected chi connectivity index (χ0v) is 9.61. The number of nitrogens with one attached hydrogen (secondary N) is 2. The maximum absolute atomic E-state index is 13.7. The molecule has 0 saturated heterocycles. The van der Waals surface area contributed by atoms with Gasteiger partial charge in [0.15, 0.2) is 5.82 Å². The van der Waals surface area contributed by atoms with Gasteiger partial charge in [0, 0.05) is 18.0 Å². The molecule has 2 aromatic rings. The molecular formula is C13H12FN3O. The van der Waals surface area contributed by atoms with Crippen LogP contribution in [0.4, 0.5) is 4.39 Å². The van der Waals surface area contributed by atoms with Gasteiger partial charge in [-0.2, -0.15) is 0 Å². The molecule has 18 heavy (non-hydrogen) atoms. The molecule has 92 valence electrons. The lowest BCUT2D eigenvalue weighted by Crippen LogP contribution is -2.36. The minimum absolute atomic E-state index is 0.248. The van der Waals surface area contributed by atoms with Gasteiger partial charge in [0.05, 0.1) is 5.54 Å². The van der Waals surface area contributed by atoms with Gasteiger partial charge in [0.25, 0.3) is 5.91 Å². The Morgan fingerprint density at radius 2 is 2.17 bits per heavy atom. The number of hydrogen-bond acceptors (Lipinski definition) is 2. The van der Waals surface area contributed by atoms with E-state index in [-0.39, 0.29) is 17.5 Å². The van der Waals surface area contributed by atoms with E-state index in [0.717, 1.165) is 12.8 Å². The van der Waals surface area contributed by atoms with Gasteiger partial charge in [-0.25, -0.2) is 9.37 Å². The SMILES string of the molecule is O=C(NC1(c2ccccc2F)CC1)c1ncc[nH]1. The maximum Gasteiger partial charge on any atom is 0.287 e. The monoisotopic (exact) mass is 245 g/mol. The molecule has 1 aliphatic rings. The lowest BCUT2D eigenvalue weighted by atomic mass is 10.0. The number of nitrogens with zero attached hydrogens (tertiary/aromatic N) is 1. The van der Waals surface area contributed by atoms with E-state index in [9.17, 15) is 9.18 Å². The summed E-state index contributed by atoms with van der Waals surface area (Å²) in [6.45, 7) is 0. The summed E-state index contributed by atoms with van der Waals surface area (Å²) in [6.07, 6.45) is 4.59. The third kappa shape index (κ3) is 1.77. The Labute approximate surface area is 103 Å². The molecule has 0 spiro atoms. The van der Waals surface area contributed by atoms with Crippen molar-refractivity contribution < 1.29 is 9.18 Å². The molecule has 0 aliphatic heterocycles. The normalized spacial score (nSPS) is 16.3. The van der Waals surface area contributed by atoms with Crippen LogP contribution in [0, 0.1) is 5.82 Å². The van der Waals surface area contributed by atoms with Crippen molar-refractivity contribution in [2.24, 2.45) is 0 Å². The van der Waals surface area contributed by atoms with Gasteiger partial charge < -0.3 is 10.3 Å². The fourth-order valence-electron chi connectivity index (χ4n) is 2.10. The smallest absolute Gasteiger partial charge is 0.287 e. The van der Waals surface area contributed by atoms with Crippen LogP contribution in [0.2, 0.25) is 0 Å². The van der Waals surface area contributed by atoms with Crippen LogP contribution < -0.4 is 5.32 Å². The second-order valence-electron chi connectivity index (χ2n) is 4.45. The second-order valence-corrected chi connectivity index (χ2v) is 4.45. The Morgan fingerprint density at radius 3 is 2.78 bits per heavy atom. The van der Waals surface area contributed by atoms with Gasteiger partial charge in [-0.1, -0.05) is 18.2 Å². The number of aromatic amines is 1. The molecule has 0 radical (unpaired) electrons. The molecule has 0 atom stereocenters. The van der Waals surface area contributed by atoms with Gasteiger partial charge >= 0.3 is 0 Å². The highest BCUT2D eigenvalue weighted by Crippen LogP contribution is 2.46. The van der Waals surface area contributed by atoms with Crippen molar-refractivity contribution >= 4 is 5.91 Å². The largest absolute Gasteiger partial charge is 0.341 e. The highest BCUT2D eigenvalue weighted by atomic mass is 19.1. The second kappa shape index (κ2) is 3.94. The summed E-state index contributed by atoms with van der Waals surface area (Å²) in [7, 11) is 0. The number of hydrogen-bond donors (Lipinski definition) is 2. The van der Waals surface area contributed by atoms with Crippen LogP contribution in [-0.4, -0.2) is 15.9 Å². The minimum Gasteiger partial charge on any atom is -0.341 e. The zero-order chi connectivity index (χ0) is 12.6. The number of carbonyl (C=O) groups is 1. The molecule has 0 bridgehead atoms. The summed E-state index contributed by atoms with van der Waals surface area (Å²) in [4.78, 5) is 18.5. The summed E-state index contributed by atoms with van der Waals surface area (Å²) in [5, 5.41) is 2.85. The number of rotatable bonds is 3. The van der Waals surface area contributed by atoms with Crippen molar-refractivity contribution in [3.8, 4) is 0 Å². The molecule has 2 N–H and O–H groups in total. The third-order valence-electron chi connectivity index (χ3n) is 3.21. The topological polar surface area (TPSA) is 57.8 Å². The first kappa shape index (κ1) is 11.0. The van der Waals surface area contributed by atoms with Crippen molar-refractivity contribution in [1.29, 1.82) is 0 Å². The molecule has 1 heterocycles. The summed E-state index contributed by atoms with van der Waals surface area (Å²) in [5.41, 5.74) is -0.0141. The average Bonchev–Trinajstić information content (AvgIpc) is 2.94. The van der Waals surface area contributed by atoms with Crippen LogP contribution in [0.3, 0.4) is 0 Å². The highest BCUT2D eigenvalue weighted by Gasteiger charge is 2.47. The van der Waals surface area contributed by atoms with Crippen molar-refractivity contribution in [1.82, 2.24) is 15.3 Å². The number of amides is 1. The van der Waals surface area contributed by atoms with Crippen LogP contribution in [0.15, 0.2) is 36.7 Å². The minimum atomic E-state index is -0.560. The van der Waals surface area contributed by atoms with Crippen LogP contribution in [0.25, 0.3) is 0 Å². The molecule has 3 rings (SSSR count). The predicted octanol–water partition coefficient (Wildman–Crippen LogP) is 1.97. The molecule has 1 aliphatic carbocycles. The van der Waals surface area contributed by atoms with E-state index in [1.807, 2.05) is 0 Å². The first-order chi connectivity index (χ1) is 8.71. The summed E-state index contributed by atoms with van der Waals surface area (Å²) >= 11 is 0. The van der Waals surface area contributed by atoms with E-state index in [1.54, 1.807) is 24.4 Å². The molecule has 1 amide bonds. The molecular weight excluding hydrogens is 233 g/mol. The number of benzene rings is 1.